The minimum absolute atomic E-state index is 0.226. The molecular weight excluding hydrogens is 921 g/mol. The van der Waals surface area contributed by atoms with Gasteiger partial charge in [0, 0.05) is 21.7 Å². The zero-order chi connectivity index (χ0) is 51.0. The lowest BCUT2D eigenvalue weighted by atomic mass is 9.65. The van der Waals surface area contributed by atoms with E-state index in [1.165, 1.54) is 133 Å². The molecule has 362 valence electrons. The molecule has 0 N–H and O–H groups in total. The van der Waals surface area contributed by atoms with Crippen molar-refractivity contribution in [1.82, 2.24) is 0 Å². The minimum Gasteiger partial charge on any atom is -0.309 e. The Morgan fingerprint density at radius 2 is 0.547 bits per heavy atom. The number of para-hydroxylation sites is 4. The second-order valence-corrected chi connectivity index (χ2v) is 27.8. The molecule has 0 aromatic heterocycles. The third-order valence-electron chi connectivity index (χ3n) is 18.9. The Morgan fingerprint density at radius 1 is 0.267 bits per heavy atom. The van der Waals surface area contributed by atoms with Gasteiger partial charge in [-0.25, -0.2) is 0 Å². The fourth-order valence-corrected chi connectivity index (χ4v) is 20.2. The molecule has 3 heteroatoms. The summed E-state index contributed by atoms with van der Waals surface area (Å²) < 4.78 is 0. The van der Waals surface area contributed by atoms with E-state index in [0.29, 0.717) is 0 Å². The van der Waals surface area contributed by atoms with Crippen molar-refractivity contribution in [3.8, 4) is 33.4 Å². The van der Waals surface area contributed by atoms with Crippen LogP contribution in [-0.4, -0.2) is 8.07 Å². The average molecular weight is 981 g/mol. The van der Waals surface area contributed by atoms with Crippen LogP contribution in [0.5, 0.6) is 0 Å². The van der Waals surface area contributed by atoms with Crippen molar-refractivity contribution in [3.63, 3.8) is 0 Å². The molecule has 0 fully saturated rings. The Bertz CT molecular complexity index is 3660. The summed E-state index contributed by atoms with van der Waals surface area (Å²) in [7, 11) is -2.97. The Morgan fingerprint density at radius 3 is 0.853 bits per heavy atom. The molecule has 15 rings (SSSR count). The van der Waals surface area contributed by atoms with Gasteiger partial charge in [0.2, 0.25) is 0 Å². The second kappa shape index (κ2) is 15.1. The first-order valence-corrected chi connectivity index (χ1v) is 29.0. The first kappa shape index (κ1) is 44.5. The number of nitrogens with zero attached hydrogens (tertiary/aromatic N) is 2. The molecule has 0 amide bonds. The molecule has 10 aromatic rings. The Labute approximate surface area is 443 Å². The zero-order valence-electron chi connectivity index (χ0n) is 44.2. The van der Waals surface area contributed by atoms with Crippen LogP contribution in [0.15, 0.2) is 218 Å². The summed E-state index contributed by atoms with van der Waals surface area (Å²) in [5.74, 6) is 0. The summed E-state index contributed by atoms with van der Waals surface area (Å²) in [4.78, 5) is 5.14. The topological polar surface area (TPSA) is 6.48 Å². The van der Waals surface area contributed by atoms with E-state index in [2.05, 4.69) is 284 Å². The third kappa shape index (κ3) is 5.69. The first-order valence-electron chi connectivity index (χ1n) is 27.0. The highest BCUT2D eigenvalue weighted by atomic mass is 28.3. The minimum atomic E-state index is -2.97. The van der Waals surface area contributed by atoms with Crippen LogP contribution in [0.3, 0.4) is 0 Å². The van der Waals surface area contributed by atoms with Gasteiger partial charge < -0.3 is 9.80 Å². The fourth-order valence-electron chi connectivity index (χ4n) is 14.9. The molecule has 0 radical (unpaired) electrons. The smallest absolute Gasteiger partial charge is 0.180 e. The van der Waals surface area contributed by atoms with E-state index in [9.17, 15) is 0 Å². The zero-order valence-corrected chi connectivity index (χ0v) is 45.2. The lowest BCUT2D eigenvalue weighted by Crippen LogP contribution is -2.72. The summed E-state index contributed by atoms with van der Waals surface area (Å²) in [6.45, 7) is 19.5. The quantitative estimate of drug-likeness (QED) is 0.162. The number of hydrogen-bond acceptors (Lipinski definition) is 2. The van der Waals surface area contributed by atoms with Crippen LogP contribution >= 0.6 is 0 Å². The van der Waals surface area contributed by atoms with E-state index in [-0.39, 0.29) is 21.7 Å². The highest BCUT2D eigenvalue weighted by molar-refractivity contribution is 7.22. The van der Waals surface area contributed by atoms with Gasteiger partial charge in [-0.3, -0.25) is 0 Å². The average Bonchev–Trinajstić information content (AvgIpc) is 3.83. The molecule has 10 aromatic carbocycles. The largest absolute Gasteiger partial charge is 0.309 e. The summed E-state index contributed by atoms with van der Waals surface area (Å²) in [5, 5.41) is 5.73. The van der Waals surface area contributed by atoms with Gasteiger partial charge in [0.05, 0.1) is 34.1 Å². The van der Waals surface area contributed by atoms with Crippen LogP contribution in [0, 0.1) is 0 Å². The van der Waals surface area contributed by atoms with Gasteiger partial charge in [-0.1, -0.05) is 225 Å². The number of benzene rings is 10. The molecule has 0 atom stereocenters. The molecule has 0 saturated carbocycles. The maximum absolute atomic E-state index is 2.97. The third-order valence-corrected chi connectivity index (χ3v) is 23.7. The Balaban J connectivity index is 0.964. The lowest BCUT2D eigenvalue weighted by Gasteiger charge is -2.49. The van der Waals surface area contributed by atoms with Gasteiger partial charge in [0.25, 0.3) is 0 Å². The standard InChI is InChI=1S/C72H60N2Si/c1-69(2)53-27-15-19-31-61(53)73-62-32-20-16-28-54(62)70(3,4)58-40-47(39-57(69)67(58)73)45-35-37-51-52-38-36-46(44-66(52)75(65(51)43-45,49-23-11-9-12-24-49)50-25-13-10-14-26-50)48-41-59-68-60(42-48)72(7,8)56-30-18-22-34-64(56)74(68)63-33-21-17-29-55(63)71(59,5)6/h9-44H,1-8H3. The molecule has 2 nitrogen and oxygen atoms in total. The molecule has 0 unspecified atom stereocenters. The van der Waals surface area contributed by atoms with Gasteiger partial charge in [0.1, 0.15) is 0 Å². The predicted molar refractivity (Wildman–Crippen MR) is 318 cm³/mol. The fraction of sp³-hybridized carbons (Fsp3) is 0.167. The van der Waals surface area contributed by atoms with Gasteiger partial charge in [-0.05, 0) is 147 Å². The SMILES string of the molecule is CC1(C)c2ccccc2N2c3ccccc3C(C)(C)c3cc(-c4ccc5c(c4)[Si](c4ccccc4)(c4ccccc4)c4cc(-c6cc7c8c(c6)C(C)(C)c6ccccc6N8c6ccccc6C7(C)C)ccc4-5)cc1c32. The Kier molecular flexibility index (Phi) is 8.95. The molecule has 75 heavy (non-hydrogen) atoms. The van der Waals surface area contributed by atoms with E-state index in [0.717, 1.165) is 0 Å². The number of rotatable bonds is 4. The van der Waals surface area contributed by atoms with E-state index < -0.39 is 8.07 Å². The molecule has 0 spiro atoms. The molecule has 5 aliphatic rings. The highest BCUT2D eigenvalue weighted by Gasteiger charge is 2.51. The van der Waals surface area contributed by atoms with Crippen molar-refractivity contribution >= 4 is 62.9 Å². The van der Waals surface area contributed by atoms with Gasteiger partial charge in [-0.2, -0.15) is 0 Å². The summed E-state index contributed by atoms with van der Waals surface area (Å²) in [5.41, 5.74) is 25.6. The normalized spacial score (nSPS) is 17.3. The Hall–Kier alpha value is -7.98. The van der Waals surface area contributed by atoms with Crippen molar-refractivity contribution in [2.24, 2.45) is 0 Å². The van der Waals surface area contributed by atoms with E-state index in [1.54, 1.807) is 0 Å². The molecule has 5 aliphatic heterocycles. The number of fused-ring (bicyclic) bond motifs is 11. The van der Waals surface area contributed by atoms with Crippen molar-refractivity contribution in [1.29, 1.82) is 0 Å². The second-order valence-electron chi connectivity index (χ2n) is 24.1. The monoisotopic (exact) mass is 980 g/mol. The van der Waals surface area contributed by atoms with E-state index in [4.69, 9.17) is 0 Å². The number of hydrogen-bond donors (Lipinski definition) is 0. The summed E-state index contributed by atoms with van der Waals surface area (Å²) >= 11 is 0. The van der Waals surface area contributed by atoms with Crippen LogP contribution in [-0.2, 0) is 21.7 Å². The van der Waals surface area contributed by atoms with Gasteiger partial charge in [-0.15, -0.1) is 0 Å². The lowest BCUT2D eigenvalue weighted by molar-refractivity contribution is 0.597. The first-order chi connectivity index (χ1) is 36.2. The van der Waals surface area contributed by atoms with Crippen molar-refractivity contribution in [2.75, 3.05) is 9.80 Å². The van der Waals surface area contributed by atoms with Crippen LogP contribution in [0.25, 0.3) is 33.4 Å². The highest BCUT2D eigenvalue weighted by Crippen LogP contribution is 2.62. The van der Waals surface area contributed by atoms with Crippen LogP contribution in [0.4, 0.5) is 34.1 Å². The molecule has 0 saturated heterocycles. The van der Waals surface area contributed by atoms with Crippen molar-refractivity contribution in [2.45, 2.75) is 77.0 Å². The molecule has 0 bridgehead atoms. The predicted octanol–water partition coefficient (Wildman–Crippen LogP) is 15.9. The van der Waals surface area contributed by atoms with Gasteiger partial charge >= 0.3 is 0 Å². The summed E-state index contributed by atoms with van der Waals surface area (Å²) in [6.07, 6.45) is 0. The molecule has 0 aliphatic carbocycles. The van der Waals surface area contributed by atoms with E-state index in [1.807, 2.05) is 0 Å². The number of anilines is 6. The molecule has 5 heterocycles. The van der Waals surface area contributed by atoms with Crippen LogP contribution < -0.4 is 30.5 Å². The van der Waals surface area contributed by atoms with Crippen LogP contribution in [0.1, 0.15) is 99.9 Å². The maximum atomic E-state index is 2.62. The maximum Gasteiger partial charge on any atom is 0.180 e. The van der Waals surface area contributed by atoms with Crippen LogP contribution in [0.2, 0.25) is 0 Å². The van der Waals surface area contributed by atoms with E-state index >= 15 is 0 Å². The molecular formula is C72H60N2Si. The summed E-state index contributed by atoms with van der Waals surface area (Å²) in [6, 6.07) is 84.7. The van der Waals surface area contributed by atoms with Gasteiger partial charge in [0.15, 0.2) is 8.07 Å². The van der Waals surface area contributed by atoms with Crippen molar-refractivity contribution in [3.05, 3.63) is 263 Å². The van der Waals surface area contributed by atoms with Crippen molar-refractivity contribution < 1.29 is 0 Å².